The van der Waals surface area contributed by atoms with E-state index >= 15 is 0 Å². The number of amides is 1. The fourth-order valence-electron chi connectivity index (χ4n) is 4.93. The van der Waals surface area contributed by atoms with E-state index in [1.165, 1.54) is 0 Å². The summed E-state index contributed by atoms with van der Waals surface area (Å²) >= 11 is 0. The molecule has 2 fully saturated rings. The molecule has 2 aromatic rings. The maximum absolute atomic E-state index is 13.1. The first-order valence-corrected chi connectivity index (χ1v) is 9.95. The highest BCUT2D eigenvalue weighted by Gasteiger charge is 2.50. The molecule has 1 saturated carbocycles. The lowest BCUT2D eigenvalue weighted by Crippen LogP contribution is -2.59. The smallest absolute Gasteiger partial charge is 0.385 e. The average Bonchev–Trinajstić information content (AvgIpc) is 3.15. The summed E-state index contributed by atoms with van der Waals surface area (Å²) in [5.41, 5.74) is -0.124. The molecule has 0 bridgehead atoms. The van der Waals surface area contributed by atoms with Crippen molar-refractivity contribution >= 4 is 5.91 Å². The second-order valence-corrected chi connectivity index (χ2v) is 8.04. The SMILES string of the molecule is O=C(c1cn(CC(F)(F)F)cn1)N1CCC(O)(c2ccccc2)C2CCCCC21. The van der Waals surface area contributed by atoms with Gasteiger partial charge in [-0.25, -0.2) is 4.98 Å². The number of piperidine rings is 1. The molecule has 3 unspecified atom stereocenters. The Hall–Kier alpha value is -2.35. The van der Waals surface area contributed by atoms with Crippen molar-refractivity contribution in [2.75, 3.05) is 6.54 Å². The Balaban J connectivity index is 1.58. The zero-order valence-electron chi connectivity index (χ0n) is 16.0. The van der Waals surface area contributed by atoms with Gasteiger partial charge in [-0.3, -0.25) is 4.79 Å². The van der Waals surface area contributed by atoms with Gasteiger partial charge in [-0.1, -0.05) is 43.2 Å². The van der Waals surface area contributed by atoms with Gasteiger partial charge in [0.1, 0.15) is 12.2 Å². The first-order chi connectivity index (χ1) is 13.8. The van der Waals surface area contributed by atoms with Crippen LogP contribution in [0.3, 0.4) is 0 Å². The van der Waals surface area contributed by atoms with Gasteiger partial charge in [0.05, 0.1) is 11.9 Å². The number of rotatable bonds is 3. The maximum Gasteiger partial charge on any atom is 0.406 e. The van der Waals surface area contributed by atoms with Crippen molar-refractivity contribution in [1.82, 2.24) is 14.5 Å². The fourth-order valence-corrected chi connectivity index (χ4v) is 4.93. The predicted octanol–water partition coefficient (Wildman–Crippen LogP) is 3.74. The molecule has 1 saturated heterocycles. The lowest BCUT2D eigenvalue weighted by molar-refractivity contribution is -0.140. The number of carbonyl (C=O) groups is 1. The third-order valence-corrected chi connectivity index (χ3v) is 6.23. The molecule has 4 rings (SSSR count). The molecule has 1 aliphatic heterocycles. The minimum Gasteiger partial charge on any atom is -0.385 e. The van der Waals surface area contributed by atoms with Crippen LogP contribution in [0.4, 0.5) is 13.2 Å². The van der Waals surface area contributed by atoms with E-state index in [4.69, 9.17) is 0 Å². The number of aliphatic hydroxyl groups is 1. The Morgan fingerprint density at radius 2 is 1.93 bits per heavy atom. The predicted molar refractivity (Wildman–Crippen MR) is 100 cm³/mol. The monoisotopic (exact) mass is 407 g/mol. The summed E-state index contributed by atoms with van der Waals surface area (Å²) in [6.07, 6.45) is 1.75. The molecule has 2 heterocycles. The molecule has 3 atom stereocenters. The van der Waals surface area contributed by atoms with Crippen LogP contribution in [0.25, 0.3) is 0 Å². The van der Waals surface area contributed by atoms with Gasteiger partial charge in [0.25, 0.3) is 5.91 Å². The van der Waals surface area contributed by atoms with E-state index in [1.54, 1.807) is 4.90 Å². The molecule has 0 spiro atoms. The quantitative estimate of drug-likeness (QED) is 0.843. The topological polar surface area (TPSA) is 58.4 Å². The van der Waals surface area contributed by atoms with E-state index < -0.39 is 18.3 Å². The number of alkyl halides is 3. The van der Waals surface area contributed by atoms with Crippen LogP contribution in [0.5, 0.6) is 0 Å². The molecule has 2 aliphatic rings. The lowest BCUT2D eigenvalue weighted by Gasteiger charge is -2.52. The molecule has 1 aromatic carbocycles. The van der Waals surface area contributed by atoms with Crippen LogP contribution in [-0.2, 0) is 12.1 Å². The Morgan fingerprint density at radius 1 is 1.21 bits per heavy atom. The van der Waals surface area contributed by atoms with Crippen molar-refractivity contribution in [2.24, 2.45) is 5.92 Å². The first-order valence-electron chi connectivity index (χ1n) is 9.95. The van der Waals surface area contributed by atoms with Crippen molar-refractivity contribution in [2.45, 2.75) is 56.5 Å². The van der Waals surface area contributed by atoms with Gasteiger partial charge in [0, 0.05) is 24.7 Å². The zero-order chi connectivity index (χ0) is 20.6. The van der Waals surface area contributed by atoms with E-state index in [1.807, 2.05) is 30.3 Å². The summed E-state index contributed by atoms with van der Waals surface area (Å²) in [6.45, 7) is -0.829. The second-order valence-electron chi connectivity index (χ2n) is 8.04. The minimum atomic E-state index is -4.37. The summed E-state index contributed by atoms with van der Waals surface area (Å²) in [6, 6.07) is 9.39. The standard InChI is InChI=1S/C21H24F3N3O2/c22-21(23,24)13-26-12-17(25-14-26)19(28)27-11-10-20(29,15-6-2-1-3-7-15)16-8-4-5-9-18(16)27/h1-3,6-7,12,14,16,18,29H,4-5,8-11,13H2. The normalized spacial score (nSPS) is 27.5. The summed E-state index contributed by atoms with van der Waals surface area (Å²) in [5.74, 6) is -0.466. The van der Waals surface area contributed by atoms with Gasteiger partial charge in [-0.2, -0.15) is 13.2 Å². The highest BCUT2D eigenvalue weighted by atomic mass is 19.4. The minimum absolute atomic E-state index is 0.0173. The van der Waals surface area contributed by atoms with Crippen LogP contribution in [0.2, 0.25) is 0 Å². The Morgan fingerprint density at radius 3 is 2.66 bits per heavy atom. The molecule has 0 radical (unpaired) electrons. The summed E-state index contributed by atoms with van der Waals surface area (Å²) in [5, 5.41) is 11.6. The molecule has 5 nitrogen and oxygen atoms in total. The number of benzene rings is 1. The Bertz CT molecular complexity index is 868. The van der Waals surface area contributed by atoms with Crippen LogP contribution >= 0.6 is 0 Å². The highest BCUT2D eigenvalue weighted by molar-refractivity contribution is 5.92. The maximum atomic E-state index is 13.1. The van der Waals surface area contributed by atoms with Crippen molar-refractivity contribution in [3.8, 4) is 0 Å². The Labute approximate surface area is 167 Å². The summed E-state index contributed by atoms with van der Waals surface area (Å²) in [4.78, 5) is 18.7. The number of likely N-dealkylation sites (tertiary alicyclic amines) is 1. The van der Waals surface area contributed by atoms with Crippen LogP contribution in [-0.4, -0.2) is 44.2 Å². The van der Waals surface area contributed by atoms with Gasteiger partial charge in [0.15, 0.2) is 0 Å². The molecule has 29 heavy (non-hydrogen) atoms. The highest BCUT2D eigenvalue weighted by Crippen LogP contribution is 2.47. The molecular weight excluding hydrogens is 383 g/mol. The molecule has 1 amide bonds. The fraction of sp³-hybridized carbons (Fsp3) is 0.524. The van der Waals surface area contributed by atoms with Crippen molar-refractivity contribution in [3.63, 3.8) is 0 Å². The van der Waals surface area contributed by atoms with E-state index in [9.17, 15) is 23.1 Å². The number of fused-ring (bicyclic) bond motifs is 1. The molecule has 156 valence electrons. The van der Waals surface area contributed by atoms with Crippen molar-refractivity contribution in [3.05, 3.63) is 54.1 Å². The number of hydrogen-bond acceptors (Lipinski definition) is 3. The summed E-state index contributed by atoms with van der Waals surface area (Å²) in [7, 11) is 0. The summed E-state index contributed by atoms with van der Waals surface area (Å²) < 4.78 is 38.7. The van der Waals surface area contributed by atoms with Gasteiger partial charge in [-0.05, 0) is 24.8 Å². The lowest BCUT2D eigenvalue weighted by atomic mass is 9.66. The number of hydrogen-bond donors (Lipinski definition) is 1. The molecule has 8 heteroatoms. The van der Waals surface area contributed by atoms with Crippen LogP contribution in [0.15, 0.2) is 42.9 Å². The number of nitrogens with zero attached hydrogens (tertiary/aromatic N) is 3. The first kappa shape index (κ1) is 19.9. The van der Waals surface area contributed by atoms with E-state index in [0.29, 0.717) is 13.0 Å². The van der Waals surface area contributed by atoms with E-state index in [-0.39, 0.29) is 23.6 Å². The Kier molecular flexibility index (Phi) is 5.14. The molecule has 1 N–H and O–H groups in total. The number of imidazole rings is 1. The second kappa shape index (κ2) is 7.48. The van der Waals surface area contributed by atoms with E-state index in [2.05, 4.69) is 4.98 Å². The zero-order valence-corrected chi connectivity index (χ0v) is 16.0. The van der Waals surface area contributed by atoms with Gasteiger partial charge in [-0.15, -0.1) is 0 Å². The van der Waals surface area contributed by atoms with Gasteiger partial charge in [0.2, 0.25) is 0 Å². The third kappa shape index (κ3) is 3.90. The van der Waals surface area contributed by atoms with E-state index in [0.717, 1.165) is 48.3 Å². The van der Waals surface area contributed by atoms with Crippen LogP contribution in [0, 0.1) is 5.92 Å². The number of halogens is 3. The van der Waals surface area contributed by atoms with Crippen LogP contribution < -0.4 is 0 Å². The number of aromatic nitrogens is 2. The van der Waals surface area contributed by atoms with Crippen LogP contribution in [0.1, 0.15) is 48.2 Å². The third-order valence-electron chi connectivity index (χ3n) is 6.23. The van der Waals surface area contributed by atoms with Gasteiger partial charge >= 0.3 is 6.18 Å². The number of carbonyl (C=O) groups excluding carboxylic acids is 1. The molecule has 1 aliphatic carbocycles. The van der Waals surface area contributed by atoms with Crippen molar-refractivity contribution in [1.29, 1.82) is 0 Å². The average molecular weight is 407 g/mol. The largest absolute Gasteiger partial charge is 0.406 e. The molecular formula is C21H24F3N3O2. The van der Waals surface area contributed by atoms with Gasteiger partial charge < -0.3 is 14.6 Å². The molecule has 1 aromatic heterocycles. The van der Waals surface area contributed by atoms with Crippen molar-refractivity contribution < 1.29 is 23.1 Å².